The molecule has 3 nitrogen and oxygen atoms in total. The quantitative estimate of drug-likeness (QED) is 0.656. The highest BCUT2D eigenvalue weighted by atomic mass is 79.9. The SMILES string of the molecule is Nc1c(C(=O)NCc2ccc(Cl)s2)sc2cccc(Br)c12. The topological polar surface area (TPSA) is 55.1 Å². The van der Waals surface area contributed by atoms with Crippen LogP contribution in [0.4, 0.5) is 5.69 Å². The summed E-state index contributed by atoms with van der Waals surface area (Å²) in [6.07, 6.45) is 0. The second-order valence-electron chi connectivity index (χ2n) is 4.35. The van der Waals surface area contributed by atoms with Crippen LogP contribution in [0, 0.1) is 0 Å². The van der Waals surface area contributed by atoms with Crippen LogP contribution in [0.2, 0.25) is 4.34 Å². The Hall–Kier alpha value is -1.08. The van der Waals surface area contributed by atoms with Crippen LogP contribution in [0.1, 0.15) is 14.5 Å². The van der Waals surface area contributed by atoms with Gasteiger partial charge in [-0.15, -0.1) is 22.7 Å². The number of rotatable bonds is 3. The Balaban J connectivity index is 1.84. The van der Waals surface area contributed by atoms with E-state index in [9.17, 15) is 4.79 Å². The highest BCUT2D eigenvalue weighted by molar-refractivity contribution is 9.10. The van der Waals surface area contributed by atoms with Gasteiger partial charge in [-0.05, 0) is 24.3 Å². The Morgan fingerprint density at radius 2 is 2.10 bits per heavy atom. The molecule has 0 saturated heterocycles. The summed E-state index contributed by atoms with van der Waals surface area (Å²) in [7, 11) is 0. The second-order valence-corrected chi connectivity index (χ2v) is 8.05. The monoisotopic (exact) mass is 400 g/mol. The molecule has 3 rings (SSSR count). The molecule has 0 fully saturated rings. The van der Waals surface area contributed by atoms with Crippen LogP contribution in [-0.2, 0) is 6.54 Å². The lowest BCUT2D eigenvalue weighted by molar-refractivity contribution is 0.0956. The zero-order chi connectivity index (χ0) is 15.0. The third-order valence-electron chi connectivity index (χ3n) is 2.96. The fourth-order valence-corrected chi connectivity index (χ4v) is 4.80. The van der Waals surface area contributed by atoms with E-state index in [0.717, 1.165) is 19.4 Å². The number of amides is 1. The number of anilines is 1. The number of nitrogen functional groups attached to an aromatic ring is 1. The van der Waals surface area contributed by atoms with Crippen molar-refractivity contribution in [1.29, 1.82) is 0 Å². The molecule has 108 valence electrons. The number of thiophene rings is 2. The van der Waals surface area contributed by atoms with Crippen molar-refractivity contribution in [2.24, 2.45) is 0 Å². The smallest absolute Gasteiger partial charge is 0.263 e. The largest absolute Gasteiger partial charge is 0.397 e. The molecule has 1 aromatic carbocycles. The molecular formula is C14H10BrClN2OS2. The van der Waals surface area contributed by atoms with E-state index in [1.165, 1.54) is 22.7 Å². The molecule has 0 aliphatic carbocycles. The van der Waals surface area contributed by atoms with Gasteiger partial charge in [0.2, 0.25) is 0 Å². The van der Waals surface area contributed by atoms with Gasteiger partial charge in [0.1, 0.15) is 4.88 Å². The van der Waals surface area contributed by atoms with Crippen LogP contribution in [0.5, 0.6) is 0 Å². The Bertz CT molecular complexity index is 828. The van der Waals surface area contributed by atoms with Gasteiger partial charge < -0.3 is 11.1 Å². The molecule has 2 aromatic heterocycles. The van der Waals surface area contributed by atoms with Gasteiger partial charge in [-0.1, -0.05) is 33.6 Å². The van der Waals surface area contributed by atoms with Crippen molar-refractivity contribution in [3.8, 4) is 0 Å². The zero-order valence-electron chi connectivity index (χ0n) is 10.7. The van der Waals surface area contributed by atoms with Crippen LogP contribution in [-0.4, -0.2) is 5.91 Å². The van der Waals surface area contributed by atoms with Gasteiger partial charge in [0.25, 0.3) is 5.91 Å². The summed E-state index contributed by atoms with van der Waals surface area (Å²) in [4.78, 5) is 13.9. The number of hydrogen-bond donors (Lipinski definition) is 2. The van der Waals surface area contributed by atoms with Gasteiger partial charge in [0.15, 0.2) is 0 Å². The first kappa shape index (κ1) is 14.8. The number of halogens is 2. The van der Waals surface area contributed by atoms with E-state index in [1.807, 2.05) is 30.3 Å². The lowest BCUT2D eigenvalue weighted by Crippen LogP contribution is -2.22. The number of carbonyl (C=O) groups is 1. The summed E-state index contributed by atoms with van der Waals surface area (Å²) in [6.45, 7) is 0.449. The maximum absolute atomic E-state index is 12.3. The van der Waals surface area contributed by atoms with Crippen molar-refractivity contribution in [3.63, 3.8) is 0 Å². The molecule has 0 atom stereocenters. The number of hydrogen-bond acceptors (Lipinski definition) is 4. The maximum Gasteiger partial charge on any atom is 0.263 e. The zero-order valence-corrected chi connectivity index (χ0v) is 14.6. The minimum absolute atomic E-state index is 0.162. The van der Waals surface area contributed by atoms with Gasteiger partial charge in [-0.2, -0.15) is 0 Å². The average molecular weight is 402 g/mol. The van der Waals surface area contributed by atoms with Gasteiger partial charge in [-0.25, -0.2) is 0 Å². The number of nitrogens with two attached hydrogens (primary N) is 1. The van der Waals surface area contributed by atoms with Crippen LogP contribution in [0.25, 0.3) is 10.1 Å². The maximum atomic E-state index is 12.3. The summed E-state index contributed by atoms with van der Waals surface area (Å²) in [5, 5.41) is 3.77. The van der Waals surface area contributed by atoms with Crippen molar-refractivity contribution in [2.45, 2.75) is 6.54 Å². The van der Waals surface area contributed by atoms with Gasteiger partial charge in [-0.3, -0.25) is 4.79 Å². The molecular weight excluding hydrogens is 392 g/mol. The lowest BCUT2D eigenvalue weighted by atomic mass is 10.2. The molecule has 3 N–H and O–H groups in total. The first-order valence-electron chi connectivity index (χ1n) is 6.05. The summed E-state index contributed by atoms with van der Waals surface area (Å²) >= 11 is 12.2. The van der Waals surface area contributed by atoms with Crippen molar-refractivity contribution in [2.75, 3.05) is 5.73 Å². The van der Waals surface area contributed by atoms with Crippen molar-refractivity contribution >= 4 is 71.9 Å². The van der Waals surface area contributed by atoms with E-state index in [2.05, 4.69) is 21.2 Å². The van der Waals surface area contributed by atoms with Crippen LogP contribution < -0.4 is 11.1 Å². The third kappa shape index (κ3) is 2.94. The van der Waals surface area contributed by atoms with Crippen LogP contribution in [0.15, 0.2) is 34.8 Å². The molecule has 0 aliphatic rings. The first-order valence-corrected chi connectivity index (χ1v) is 8.85. The van der Waals surface area contributed by atoms with Gasteiger partial charge in [0, 0.05) is 19.4 Å². The van der Waals surface area contributed by atoms with Crippen molar-refractivity contribution < 1.29 is 4.79 Å². The molecule has 0 radical (unpaired) electrons. The Kier molecular flexibility index (Phi) is 4.21. The molecule has 0 saturated carbocycles. The lowest BCUT2D eigenvalue weighted by Gasteiger charge is -2.02. The van der Waals surface area contributed by atoms with Crippen molar-refractivity contribution in [3.05, 3.63) is 48.9 Å². The number of benzene rings is 1. The highest BCUT2D eigenvalue weighted by Crippen LogP contribution is 2.38. The number of nitrogens with one attached hydrogen (secondary N) is 1. The normalized spacial score (nSPS) is 11.0. The summed E-state index contributed by atoms with van der Waals surface area (Å²) in [5.41, 5.74) is 6.63. The minimum Gasteiger partial charge on any atom is -0.397 e. The van der Waals surface area contributed by atoms with E-state index in [-0.39, 0.29) is 5.91 Å². The average Bonchev–Trinajstić information content (AvgIpc) is 3.01. The third-order valence-corrected chi connectivity index (χ3v) is 6.02. The molecule has 0 bridgehead atoms. The van der Waals surface area contributed by atoms with E-state index < -0.39 is 0 Å². The fourth-order valence-electron chi connectivity index (χ4n) is 1.99. The van der Waals surface area contributed by atoms with E-state index in [4.69, 9.17) is 17.3 Å². The summed E-state index contributed by atoms with van der Waals surface area (Å²) < 4.78 is 2.61. The molecule has 0 unspecified atom stereocenters. The minimum atomic E-state index is -0.162. The molecule has 1 amide bonds. The van der Waals surface area contributed by atoms with E-state index in [0.29, 0.717) is 21.4 Å². The molecule has 2 heterocycles. The summed E-state index contributed by atoms with van der Waals surface area (Å²) in [5.74, 6) is -0.162. The standard InChI is InChI=1S/C14H10BrClN2OS2/c15-8-2-1-3-9-11(8)12(17)13(21-9)14(19)18-6-7-4-5-10(16)20-7/h1-5H,6,17H2,(H,18,19). The number of carbonyl (C=O) groups excluding carboxylic acids is 1. The van der Waals surface area contributed by atoms with Crippen LogP contribution in [0.3, 0.4) is 0 Å². The molecule has 21 heavy (non-hydrogen) atoms. The molecule has 0 aliphatic heterocycles. The first-order chi connectivity index (χ1) is 10.1. The second kappa shape index (κ2) is 5.96. The Morgan fingerprint density at radius 3 is 2.76 bits per heavy atom. The van der Waals surface area contributed by atoms with Gasteiger partial charge >= 0.3 is 0 Å². The predicted molar refractivity (Wildman–Crippen MR) is 94.4 cm³/mol. The van der Waals surface area contributed by atoms with E-state index in [1.54, 1.807) is 0 Å². The summed E-state index contributed by atoms with van der Waals surface area (Å²) in [6, 6.07) is 9.52. The van der Waals surface area contributed by atoms with Gasteiger partial charge in [0.05, 0.1) is 16.6 Å². The Morgan fingerprint density at radius 1 is 1.29 bits per heavy atom. The highest BCUT2D eigenvalue weighted by Gasteiger charge is 2.17. The predicted octanol–water partition coefficient (Wildman–Crippen LogP) is 4.89. The molecule has 7 heteroatoms. The fraction of sp³-hybridized carbons (Fsp3) is 0.0714. The number of fused-ring (bicyclic) bond motifs is 1. The van der Waals surface area contributed by atoms with Crippen molar-refractivity contribution in [1.82, 2.24) is 5.32 Å². The molecule has 0 spiro atoms. The van der Waals surface area contributed by atoms with E-state index >= 15 is 0 Å². The Labute approximate surface area is 142 Å². The molecule has 3 aromatic rings. The van der Waals surface area contributed by atoms with Crippen LogP contribution >= 0.6 is 50.2 Å².